The molecule has 2 aromatic carbocycles. The number of allylic oxidation sites excluding steroid dienone is 1. The van der Waals surface area contributed by atoms with E-state index in [0.717, 1.165) is 33.5 Å². The van der Waals surface area contributed by atoms with Crippen molar-refractivity contribution in [2.75, 3.05) is 9.80 Å². The highest BCUT2D eigenvalue weighted by Gasteiger charge is 2.65. The van der Waals surface area contributed by atoms with Crippen LogP contribution in [-0.2, 0) is 14.4 Å². The minimum Gasteiger partial charge on any atom is -0.353 e. The zero-order valence-electron chi connectivity index (χ0n) is 21.0. The number of anilines is 2. The largest absolute Gasteiger partial charge is 0.353 e. The number of ketones is 1. The summed E-state index contributed by atoms with van der Waals surface area (Å²) in [7, 11) is 0. The van der Waals surface area contributed by atoms with Gasteiger partial charge in [0.25, 0.3) is 0 Å². The van der Waals surface area contributed by atoms with Gasteiger partial charge in [-0.05, 0) is 57.0 Å². The van der Waals surface area contributed by atoms with Crippen LogP contribution >= 0.6 is 0 Å². The Labute approximate surface area is 201 Å². The van der Waals surface area contributed by atoms with Gasteiger partial charge in [0.1, 0.15) is 6.04 Å². The molecule has 0 aromatic heterocycles. The van der Waals surface area contributed by atoms with Crippen LogP contribution in [0.1, 0.15) is 49.9 Å². The Morgan fingerprint density at radius 2 is 1.41 bits per heavy atom. The van der Waals surface area contributed by atoms with Gasteiger partial charge in [0.05, 0.1) is 23.6 Å². The van der Waals surface area contributed by atoms with E-state index in [4.69, 9.17) is 0 Å². The lowest BCUT2D eigenvalue weighted by Gasteiger charge is -2.39. The molecule has 0 radical (unpaired) electrons. The number of nitrogens with zero attached hydrogens (tertiary/aromatic N) is 2. The lowest BCUT2D eigenvalue weighted by atomic mass is 9.79. The first-order chi connectivity index (χ1) is 15.9. The number of aryl methyl sites for hydroxylation is 3. The molecule has 3 aliphatic heterocycles. The SMILES string of the molecule is CC1=C[C@@H]2[C@@H]3C(=O)N(c4ccc(C)cc4C)C(=O)[C@@H]3[C@H](C(=O)C(C)(C)C)N2c2ccc(C)cc21. The van der Waals surface area contributed by atoms with E-state index in [-0.39, 0.29) is 23.6 Å². The standard InChI is InChI=1S/C29H32N2O3/c1-15-8-10-20(18(4)12-15)31-27(33)23-22-14-17(3)19-13-16(2)9-11-21(19)30(22)25(24(23)28(31)34)26(32)29(5,6)7/h8-14,22-25H,1-7H3/t22-,23+,24+,25-/m1/s1. The van der Waals surface area contributed by atoms with Gasteiger partial charge in [0.15, 0.2) is 5.78 Å². The third kappa shape index (κ3) is 3.09. The second-order valence-electron chi connectivity index (χ2n) is 11.2. The molecule has 2 amide bonds. The van der Waals surface area contributed by atoms with Crippen molar-refractivity contribution in [2.24, 2.45) is 17.3 Å². The lowest BCUT2D eigenvalue weighted by Crippen LogP contribution is -2.51. The summed E-state index contributed by atoms with van der Waals surface area (Å²) in [6, 6.07) is 10.9. The summed E-state index contributed by atoms with van der Waals surface area (Å²) in [5.41, 5.74) is 6.14. The molecule has 34 heavy (non-hydrogen) atoms. The molecular formula is C29H32N2O3. The number of carbonyl (C=O) groups excluding carboxylic acids is 3. The third-order valence-electron chi connectivity index (χ3n) is 7.60. The Balaban J connectivity index is 1.69. The maximum atomic E-state index is 14.0. The molecule has 5 heteroatoms. The molecule has 5 nitrogen and oxygen atoms in total. The summed E-state index contributed by atoms with van der Waals surface area (Å²) in [6.07, 6.45) is 2.09. The Morgan fingerprint density at radius 1 is 0.824 bits per heavy atom. The predicted molar refractivity (Wildman–Crippen MR) is 135 cm³/mol. The lowest BCUT2D eigenvalue weighted by molar-refractivity contribution is -0.132. The number of amides is 2. The maximum Gasteiger partial charge on any atom is 0.240 e. The minimum absolute atomic E-state index is 0.00638. The van der Waals surface area contributed by atoms with Crippen molar-refractivity contribution < 1.29 is 14.4 Å². The second kappa shape index (κ2) is 7.39. The summed E-state index contributed by atoms with van der Waals surface area (Å²) < 4.78 is 0. The van der Waals surface area contributed by atoms with Crippen molar-refractivity contribution in [1.29, 1.82) is 0 Å². The molecule has 3 aliphatic rings. The molecule has 0 bridgehead atoms. The highest BCUT2D eigenvalue weighted by molar-refractivity contribution is 6.25. The Kier molecular flexibility index (Phi) is 4.91. The molecule has 0 N–H and O–H groups in total. The zero-order chi connectivity index (χ0) is 24.7. The third-order valence-corrected chi connectivity index (χ3v) is 7.60. The van der Waals surface area contributed by atoms with Crippen molar-refractivity contribution in [2.45, 2.75) is 60.5 Å². The van der Waals surface area contributed by atoms with E-state index in [1.54, 1.807) is 0 Å². The number of hydrogen-bond acceptors (Lipinski definition) is 4. The molecule has 0 unspecified atom stereocenters. The molecular weight excluding hydrogens is 424 g/mol. The molecule has 4 atom stereocenters. The van der Waals surface area contributed by atoms with Gasteiger partial charge < -0.3 is 4.90 Å². The highest BCUT2D eigenvalue weighted by Crippen LogP contribution is 2.52. The van der Waals surface area contributed by atoms with Gasteiger partial charge in [-0.3, -0.25) is 14.4 Å². The number of fused-ring (bicyclic) bond motifs is 5. The van der Waals surface area contributed by atoms with Crippen molar-refractivity contribution in [3.8, 4) is 0 Å². The van der Waals surface area contributed by atoms with Crippen molar-refractivity contribution >= 4 is 34.5 Å². The van der Waals surface area contributed by atoms with Crippen LogP contribution < -0.4 is 9.80 Å². The summed E-state index contributed by atoms with van der Waals surface area (Å²) in [5, 5.41) is 0. The molecule has 176 valence electrons. The molecule has 5 rings (SSSR count). The smallest absolute Gasteiger partial charge is 0.240 e. The summed E-state index contributed by atoms with van der Waals surface area (Å²) in [5.74, 6) is -1.78. The minimum atomic E-state index is -0.707. The number of hydrogen-bond donors (Lipinski definition) is 0. The fraction of sp³-hybridized carbons (Fsp3) is 0.414. The van der Waals surface area contributed by atoms with E-state index >= 15 is 0 Å². The average molecular weight is 457 g/mol. The van der Waals surface area contributed by atoms with Crippen LogP contribution in [0.3, 0.4) is 0 Å². The topological polar surface area (TPSA) is 57.7 Å². The molecule has 0 spiro atoms. The predicted octanol–water partition coefficient (Wildman–Crippen LogP) is 5.01. The first-order valence-electron chi connectivity index (χ1n) is 12.0. The highest BCUT2D eigenvalue weighted by atomic mass is 16.2. The van der Waals surface area contributed by atoms with Gasteiger partial charge in [-0.2, -0.15) is 0 Å². The van der Waals surface area contributed by atoms with Crippen LogP contribution in [0.25, 0.3) is 5.57 Å². The van der Waals surface area contributed by atoms with Crippen LogP contribution in [-0.4, -0.2) is 29.7 Å². The number of imide groups is 1. The van der Waals surface area contributed by atoms with Gasteiger partial charge in [-0.15, -0.1) is 0 Å². The summed E-state index contributed by atoms with van der Waals surface area (Å²) in [4.78, 5) is 45.2. The van der Waals surface area contributed by atoms with Crippen molar-refractivity contribution in [1.82, 2.24) is 0 Å². The molecule has 0 aliphatic carbocycles. The van der Waals surface area contributed by atoms with E-state index < -0.39 is 23.3 Å². The number of Topliss-reactive ketones (excluding diaryl/α,β-unsaturated/α-hetero) is 1. The normalized spacial score (nSPS) is 25.8. The fourth-order valence-electron chi connectivity index (χ4n) is 5.99. The van der Waals surface area contributed by atoms with Crippen molar-refractivity contribution in [3.63, 3.8) is 0 Å². The molecule has 0 saturated carbocycles. The first kappa shape index (κ1) is 22.6. The molecule has 3 heterocycles. The quantitative estimate of drug-likeness (QED) is 0.597. The number of carbonyl (C=O) groups is 3. The van der Waals surface area contributed by atoms with Gasteiger partial charge in [-0.25, -0.2) is 4.90 Å². The van der Waals surface area contributed by atoms with Gasteiger partial charge in [-0.1, -0.05) is 56.2 Å². The van der Waals surface area contributed by atoms with E-state index in [1.807, 2.05) is 78.8 Å². The van der Waals surface area contributed by atoms with E-state index in [0.29, 0.717) is 5.69 Å². The molecule has 2 fully saturated rings. The molecule has 2 aromatic rings. The fourth-order valence-corrected chi connectivity index (χ4v) is 5.99. The Bertz CT molecular complexity index is 1280. The Hall–Kier alpha value is -3.21. The van der Waals surface area contributed by atoms with Crippen molar-refractivity contribution in [3.05, 3.63) is 64.7 Å². The van der Waals surface area contributed by atoms with Crippen LogP contribution in [0.15, 0.2) is 42.5 Å². The van der Waals surface area contributed by atoms with Crippen LogP contribution in [0.4, 0.5) is 11.4 Å². The van der Waals surface area contributed by atoms with E-state index in [2.05, 4.69) is 17.0 Å². The Morgan fingerprint density at radius 3 is 2.03 bits per heavy atom. The average Bonchev–Trinajstić information content (AvgIpc) is 3.20. The number of rotatable bonds is 2. The maximum absolute atomic E-state index is 14.0. The van der Waals surface area contributed by atoms with E-state index in [9.17, 15) is 14.4 Å². The summed E-state index contributed by atoms with van der Waals surface area (Å²) in [6.45, 7) is 13.7. The van der Waals surface area contributed by atoms with Crippen LogP contribution in [0.2, 0.25) is 0 Å². The van der Waals surface area contributed by atoms with Gasteiger partial charge in [0, 0.05) is 16.7 Å². The first-order valence-corrected chi connectivity index (χ1v) is 12.0. The molecule has 2 saturated heterocycles. The summed E-state index contributed by atoms with van der Waals surface area (Å²) >= 11 is 0. The van der Waals surface area contributed by atoms with Gasteiger partial charge >= 0.3 is 0 Å². The second-order valence-corrected chi connectivity index (χ2v) is 11.2. The van der Waals surface area contributed by atoms with Crippen LogP contribution in [0.5, 0.6) is 0 Å². The monoisotopic (exact) mass is 456 g/mol. The van der Waals surface area contributed by atoms with Crippen LogP contribution in [0, 0.1) is 38.0 Å². The van der Waals surface area contributed by atoms with E-state index in [1.165, 1.54) is 4.90 Å². The van der Waals surface area contributed by atoms with Gasteiger partial charge in [0.2, 0.25) is 11.8 Å². The zero-order valence-corrected chi connectivity index (χ0v) is 21.0. The number of benzene rings is 2.